The Balaban J connectivity index is 2.03. The number of ether oxygens (including phenoxy) is 1. The van der Waals surface area contributed by atoms with Gasteiger partial charge in [-0.05, 0) is 24.8 Å². The van der Waals surface area contributed by atoms with Gasteiger partial charge >= 0.3 is 5.97 Å². The Morgan fingerprint density at radius 2 is 2.12 bits per heavy atom. The number of rotatable bonds is 4. The molecule has 0 saturated carbocycles. The molecule has 2 aromatic rings. The van der Waals surface area contributed by atoms with E-state index in [0.717, 1.165) is 12.0 Å². The lowest BCUT2D eigenvalue weighted by atomic mass is 9.84. The number of carbonyl (C=O) groups excluding carboxylic acids is 1. The Kier molecular flexibility index (Phi) is 4.99. The van der Waals surface area contributed by atoms with Gasteiger partial charge in [-0.25, -0.2) is 9.78 Å². The molecule has 0 fully saturated rings. The standard InChI is InChI=1S/C19H22N2O4/c1-3-25-19(24)15-10-20-17-14(9-12(2)11-21(17)18(15)23)16(22)13-7-5-4-6-8-13/h4-8,10,12,14,16,22H,3,9,11H2,1-2H3/t12-,14-,16+/m0/s1. The molecule has 25 heavy (non-hydrogen) atoms. The highest BCUT2D eigenvalue weighted by molar-refractivity contribution is 5.88. The maximum atomic E-state index is 12.7. The third-order valence-corrected chi connectivity index (χ3v) is 4.58. The van der Waals surface area contributed by atoms with Crippen LogP contribution in [-0.4, -0.2) is 27.2 Å². The number of hydrogen-bond donors (Lipinski definition) is 1. The number of benzene rings is 1. The summed E-state index contributed by atoms with van der Waals surface area (Å²) in [6.45, 7) is 4.39. The first-order valence-corrected chi connectivity index (χ1v) is 8.52. The molecule has 3 rings (SSSR count). The maximum absolute atomic E-state index is 12.7. The normalized spacial score (nSPS) is 20.6. The lowest BCUT2D eigenvalue weighted by Crippen LogP contribution is -2.38. The van der Waals surface area contributed by atoms with E-state index in [9.17, 15) is 14.7 Å². The quantitative estimate of drug-likeness (QED) is 0.862. The summed E-state index contributed by atoms with van der Waals surface area (Å²) >= 11 is 0. The molecule has 132 valence electrons. The van der Waals surface area contributed by atoms with E-state index in [4.69, 9.17) is 4.74 Å². The van der Waals surface area contributed by atoms with Crippen LogP contribution in [0, 0.1) is 5.92 Å². The van der Waals surface area contributed by atoms with E-state index in [0.29, 0.717) is 12.4 Å². The molecule has 6 heteroatoms. The Morgan fingerprint density at radius 1 is 1.40 bits per heavy atom. The molecule has 0 unspecified atom stereocenters. The SMILES string of the molecule is CCOC(=O)c1cnc2n(c1=O)C[C@@H](C)C[C@H]2[C@H](O)c1ccccc1. The number of fused-ring (bicyclic) bond motifs is 1. The average Bonchev–Trinajstić information content (AvgIpc) is 2.62. The fourth-order valence-electron chi connectivity index (χ4n) is 3.40. The van der Waals surface area contributed by atoms with Crippen molar-refractivity contribution in [1.29, 1.82) is 0 Å². The maximum Gasteiger partial charge on any atom is 0.345 e. The summed E-state index contributed by atoms with van der Waals surface area (Å²) in [6.07, 6.45) is 1.24. The second-order valence-corrected chi connectivity index (χ2v) is 6.47. The lowest BCUT2D eigenvalue weighted by Gasteiger charge is -2.33. The zero-order valence-corrected chi connectivity index (χ0v) is 14.4. The third kappa shape index (κ3) is 3.35. The zero-order chi connectivity index (χ0) is 18.0. The van der Waals surface area contributed by atoms with Crippen LogP contribution < -0.4 is 5.56 Å². The molecule has 0 bridgehead atoms. The fourth-order valence-corrected chi connectivity index (χ4v) is 3.40. The summed E-state index contributed by atoms with van der Waals surface area (Å²) in [7, 11) is 0. The summed E-state index contributed by atoms with van der Waals surface area (Å²) in [6, 6.07) is 9.35. The number of aliphatic hydroxyl groups is 1. The van der Waals surface area contributed by atoms with Crippen molar-refractivity contribution in [1.82, 2.24) is 9.55 Å². The molecular formula is C19H22N2O4. The summed E-state index contributed by atoms with van der Waals surface area (Å²) in [5.74, 6) is -0.246. The van der Waals surface area contributed by atoms with Crippen LogP contribution in [-0.2, 0) is 11.3 Å². The van der Waals surface area contributed by atoms with Gasteiger partial charge < -0.3 is 9.84 Å². The van der Waals surface area contributed by atoms with E-state index >= 15 is 0 Å². The van der Waals surface area contributed by atoms with Gasteiger partial charge in [0.25, 0.3) is 5.56 Å². The van der Waals surface area contributed by atoms with E-state index in [1.807, 2.05) is 37.3 Å². The molecular weight excluding hydrogens is 320 g/mol. The molecule has 1 N–H and O–H groups in total. The first kappa shape index (κ1) is 17.4. The fraction of sp³-hybridized carbons (Fsp3) is 0.421. The highest BCUT2D eigenvalue weighted by Gasteiger charge is 2.34. The first-order valence-electron chi connectivity index (χ1n) is 8.52. The van der Waals surface area contributed by atoms with Crippen molar-refractivity contribution in [2.75, 3.05) is 6.61 Å². The Bertz CT molecular complexity index is 816. The lowest BCUT2D eigenvalue weighted by molar-refractivity contribution is 0.0521. The van der Waals surface area contributed by atoms with Crippen molar-refractivity contribution in [2.24, 2.45) is 5.92 Å². The highest BCUT2D eigenvalue weighted by atomic mass is 16.5. The van der Waals surface area contributed by atoms with Crippen molar-refractivity contribution in [3.63, 3.8) is 0 Å². The van der Waals surface area contributed by atoms with E-state index in [-0.39, 0.29) is 24.0 Å². The molecule has 1 aromatic carbocycles. The van der Waals surface area contributed by atoms with Crippen molar-refractivity contribution >= 4 is 5.97 Å². The molecule has 0 radical (unpaired) electrons. The minimum absolute atomic E-state index is 0.0624. The molecule has 0 spiro atoms. The number of carbonyl (C=O) groups is 1. The van der Waals surface area contributed by atoms with Gasteiger partial charge in [-0.15, -0.1) is 0 Å². The van der Waals surface area contributed by atoms with E-state index in [1.54, 1.807) is 6.92 Å². The van der Waals surface area contributed by atoms with E-state index in [2.05, 4.69) is 4.98 Å². The van der Waals surface area contributed by atoms with Crippen LogP contribution >= 0.6 is 0 Å². The smallest absolute Gasteiger partial charge is 0.345 e. The van der Waals surface area contributed by atoms with Crippen LogP contribution in [0.15, 0.2) is 41.3 Å². The molecule has 0 amide bonds. The van der Waals surface area contributed by atoms with E-state index in [1.165, 1.54) is 10.8 Å². The summed E-state index contributed by atoms with van der Waals surface area (Å²) in [5.41, 5.74) is 0.324. The summed E-state index contributed by atoms with van der Waals surface area (Å²) in [5, 5.41) is 10.8. The van der Waals surface area contributed by atoms with Crippen LogP contribution in [0.2, 0.25) is 0 Å². The number of esters is 1. The Labute approximate surface area is 146 Å². The van der Waals surface area contributed by atoms with Crippen molar-refractivity contribution in [3.8, 4) is 0 Å². The molecule has 0 saturated heterocycles. The van der Waals surface area contributed by atoms with Crippen LogP contribution in [0.4, 0.5) is 0 Å². The first-order chi connectivity index (χ1) is 12.0. The van der Waals surface area contributed by atoms with Crippen molar-refractivity contribution in [2.45, 2.75) is 38.8 Å². The third-order valence-electron chi connectivity index (χ3n) is 4.58. The largest absolute Gasteiger partial charge is 0.462 e. The van der Waals surface area contributed by atoms with E-state index < -0.39 is 17.6 Å². The van der Waals surface area contributed by atoms with Crippen LogP contribution in [0.3, 0.4) is 0 Å². The molecule has 2 heterocycles. The summed E-state index contributed by atoms with van der Waals surface area (Å²) in [4.78, 5) is 29.0. The molecule has 1 aromatic heterocycles. The Morgan fingerprint density at radius 3 is 2.80 bits per heavy atom. The zero-order valence-electron chi connectivity index (χ0n) is 14.4. The van der Waals surface area contributed by atoms with Gasteiger partial charge in [-0.3, -0.25) is 9.36 Å². The minimum Gasteiger partial charge on any atom is -0.462 e. The summed E-state index contributed by atoms with van der Waals surface area (Å²) < 4.78 is 6.44. The van der Waals surface area contributed by atoms with Gasteiger partial charge in [0.15, 0.2) is 0 Å². The van der Waals surface area contributed by atoms with Crippen LogP contribution in [0.5, 0.6) is 0 Å². The van der Waals surface area contributed by atoms with Gasteiger partial charge in [0.1, 0.15) is 11.4 Å². The highest BCUT2D eigenvalue weighted by Crippen LogP contribution is 2.38. The van der Waals surface area contributed by atoms with Crippen LogP contribution in [0.1, 0.15) is 54.0 Å². The topological polar surface area (TPSA) is 81.4 Å². The van der Waals surface area contributed by atoms with Gasteiger partial charge in [-0.2, -0.15) is 0 Å². The van der Waals surface area contributed by atoms with Gasteiger partial charge in [-0.1, -0.05) is 37.3 Å². The average molecular weight is 342 g/mol. The predicted molar refractivity (Wildman–Crippen MR) is 92.4 cm³/mol. The van der Waals surface area contributed by atoms with Gasteiger partial charge in [0.05, 0.1) is 12.7 Å². The number of aromatic nitrogens is 2. The van der Waals surface area contributed by atoms with Gasteiger partial charge in [0.2, 0.25) is 0 Å². The monoisotopic (exact) mass is 342 g/mol. The molecule has 0 aliphatic carbocycles. The predicted octanol–water partition coefficient (Wildman–Crippen LogP) is 2.28. The second kappa shape index (κ2) is 7.19. The molecule has 3 atom stereocenters. The molecule has 6 nitrogen and oxygen atoms in total. The number of aliphatic hydroxyl groups excluding tert-OH is 1. The minimum atomic E-state index is -0.754. The van der Waals surface area contributed by atoms with Crippen LogP contribution in [0.25, 0.3) is 0 Å². The Hall–Kier alpha value is -2.47. The molecule has 1 aliphatic rings. The number of nitrogens with zero attached hydrogens (tertiary/aromatic N) is 2. The van der Waals surface area contributed by atoms with Crippen molar-refractivity contribution < 1.29 is 14.6 Å². The van der Waals surface area contributed by atoms with Crippen molar-refractivity contribution in [3.05, 3.63) is 63.8 Å². The second-order valence-electron chi connectivity index (χ2n) is 6.47. The number of hydrogen-bond acceptors (Lipinski definition) is 5. The molecule has 1 aliphatic heterocycles. The van der Waals surface area contributed by atoms with Gasteiger partial charge in [0, 0.05) is 18.7 Å².